The van der Waals surface area contributed by atoms with Crippen molar-refractivity contribution in [2.45, 2.75) is 26.4 Å². The molecule has 14 heavy (non-hydrogen) atoms. The van der Waals surface area contributed by atoms with Gasteiger partial charge in [-0.05, 0) is 31.0 Å². The summed E-state index contributed by atoms with van der Waals surface area (Å²) in [4.78, 5) is 0. The average Bonchev–Trinajstić information content (AvgIpc) is 2.17. The summed E-state index contributed by atoms with van der Waals surface area (Å²) in [6, 6.07) is 5.66. The van der Waals surface area contributed by atoms with Gasteiger partial charge in [0, 0.05) is 4.47 Å². The number of aliphatic hydroxyl groups excluding tert-OH is 1. The molecule has 0 spiro atoms. The van der Waals surface area contributed by atoms with E-state index < -0.39 is 6.10 Å². The monoisotopic (exact) mass is 258 g/mol. The molecule has 0 radical (unpaired) electrons. The summed E-state index contributed by atoms with van der Waals surface area (Å²) >= 11 is 3.42. The van der Waals surface area contributed by atoms with Gasteiger partial charge in [-0.25, -0.2) is 0 Å². The Labute approximate surface area is 93.0 Å². The Bertz CT molecular complexity index is 299. The number of hydrogen-bond donors (Lipinski definition) is 1. The van der Waals surface area contributed by atoms with Crippen molar-refractivity contribution in [1.82, 2.24) is 0 Å². The van der Waals surface area contributed by atoms with E-state index in [1.165, 1.54) is 0 Å². The van der Waals surface area contributed by atoms with Crippen LogP contribution in [-0.4, -0.2) is 11.7 Å². The van der Waals surface area contributed by atoms with Gasteiger partial charge in [0.1, 0.15) is 5.75 Å². The maximum absolute atomic E-state index is 9.66. The lowest BCUT2D eigenvalue weighted by atomic mass is 10.1. The van der Waals surface area contributed by atoms with Crippen molar-refractivity contribution < 1.29 is 9.84 Å². The van der Waals surface area contributed by atoms with Gasteiger partial charge in [0.2, 0.25) is 0 Å². The van der Waals surface area contributed by atoms with Crippen molar-refractivity contribution >= 4 is 15.9 Å². The van der Waals surface area contributed by atoms with Crippen LogP contribution in [0.3, 0.4) is 0 Å². The molecule has 2 nitrogen and oxygen atoms in total. The van der Waals surface area contributed by atoms with Gasteiger partial charge in [0.25, 0.3) is 0 Å². The van der Waals surface area contributed by atoms with Gasteiger partial charge in [-0.15, -0.1) is 0 Å². The van der Waals surface area contributed by atoms with Gasteiger partial charge in [0.15, 0.2) is 0 Å². The average molecular weight is 259 g/mol. The molecule has 0 aromatic heterocycles. The highest BCUT2D eigenvalue weighted by atomic mass is 79.9. The van der Waals surface area contributed by atoms with Crippen LogP contribution in [0.4, 0.5) is 0 Å². The highest BCUT2D eigenvalue weighted by Gasteiger charge is 2.09. The molecule has 0 bridgehead atoms. The molecule has 0 amide bonds. The predicted molar refractivity (Wildman–Crippen MR) is 60.6 cm³/mol. The van der Waals surface area contributed by atoms with Crippen LogP contribution in [0.25, 0.3) is 0 Å². The molecule has 1 atom stereocenters. The maximum atomic E-state index is 9.66. The zero-order valence-corrected chi connectivity index (χ0v) is 10.0. The Hall–Kier alpha value is -0.540. The Morgan fingerprint density at radius 2 is 2.14 bits per heavy atom. The molecule has 0 heterocycles. The molecule has 1 aromatic carbocycles. The van der Waals surface area contributed by atoms with Crippen LogP contribution in [-0.2, 0) is 0 Å². The quantitative estimate of drug-likeness (QED) is 0.899. The minimum absolute atomic E-state index is 0.403. The first-order chi connectivity index (χ1) is 6.69. The third-order valence-electron chi connectivity index (χ3n) is 2.03. The number of rotatable bonds is 4. The molecule has 0 unspecified atom stereocenters. The normalized spacial score (nSPS) is 12.6. The van der Waals surface area contributed by atoms with E-state index in [2.05, 4.69) is 15.9 Å². The number of halogens is 1. The fourth-order valence-corrected chi connectivity index (χ4v) is 1.88. The number of hydrogen-bond acceptors (Lipinski definition) is 2. The third kappa shape index (κ3) is 2.72. The fourth-order valence-electron chi connectivity index (χ4n) is 1.25. The molecular weight excluding hydrogens is 244 g/mol. The SMILES string of the molecule is CCOc1ccc([C@@H](O)CC)c(Br)c1. The second-order valence-electron chi connectivity index (χ2n) is 3.04. The molecule has 0 fully saturated rings. The van der Waals surface area contributed by atoms with E-state index in [4.69, 9.17) is 4.74 Å². The molecule has 1 aromatic rings. The zero-order chi connectivity index (χ0) is 10.6. The minimum atomic E-state index is -0.403. The maximum Gasteiger partial charge on any atom is 0.120 e. The first-order valence-corrected chi connectivity index (χ1v) is 5.58. The standard InChI is InChI=1S/C11H15BrO2/c1-3-11(13)9-6-5-8(14-4-2)7-10(9)12/h5-7,11,13H,3-4H2,1-2H3/t11-/m0/s1. The number of aliphatic hydroxyl groups is 1. The van der Waals surface area contributed by atoms with Crippen molar-refractivity contribution in [3.8, 4) is 5.75 Å². The Morgan fingerprint density at radius 1 is 1.43 bits per heavy atom. The second-order valence-corrected chi connectivity index (χ2v) is 3.89. The molecule has 78 valence electrons. The van der Waals surface area contributed by atoms with Gasteiger partial charge < -0.3 is 9.84 Å². The van der Waals surface area contributed by atoms with Gasteiger partial charge in [-0.3, -0.25) is 0 Å². The van der Waals surface area contributed by atoms with E-state index >= 15 is 0 Å². The van der Waals surface area contributed by atoms with E-state index in [0.717, 1.165) is 15.8 Å². The van der Waals surface area contributed by atoms with Crippen LogP contribution in [0.15, 0.2) is 22.7 Å². The molecule has 1 rings (SSSR count). The molecule has 1 N–H and O–H groups in total. The van der Waals surface area contributed by atoms with Crippen LogP contribution in [0.2, 0.25) is 0 Å². The van der Waals surface area contributed by atoms with E-state index in [1.807, 2.05) is 32.0 Å². The number of benzene rings is 1. The summed E-state index contributed by atoms with van der Waals surface area (Å²) in [6.45, 7) is 4.55. The highest BCUT2D eigenvalue weighted by Crippen LogP contribution is 2.29. The zero-order valence-electron chi connectivity index (χ0n) is 8.46. The fraction of sp³-hybridized carbons (Fsp3) is 0.455. The van der Waals surface area contributed by atoms with Crippen molar-refractivity contribution in [2.75, 3.05) is 6.61 Å². The van der Waals surface area contributed by atoms with E-state index in [-0.39, 0.29) is 0 Å². The predicted octanol–water partition coefficient (Wildman–Crippen LogP) is 3.29. The van der Waals surface area contributed by atoms with Crippen LogP contribution < -0.4 is 4.74 Å². The first-order valence-electron chi connectivity index (χ1n) is 4.79. The third-order valence-corrected chi connectivity index (χ3v) is 2.72. The minimum Gasteiger partial charge on any atom is -0.494 e. The van der Waals surface area contributed by atoms with Crippen molar-refractivity contribution in [2.24, 2.45) is 0 Å². The molecule has 3 heteroatoms. The van der Waals surface area contributed by atoms with Crippen LogP contribution in [0.1, 0.15) is 31.9 Å². The van der Waals surface area contributed by atoms with Crippen molar-refractivity contribution in [1.29, 1.82) is 0 Å². The second kappa shape index (κ2) is 5.37. The van der Waals surface area contributed by atoms with E-state index in [9.17, 15) is 5.11 Å². The van der Waals surface area contributed by atoms with Crippen LogP contribution in [0.5, 0.6) is 5.75 Å². The summed E-state index contributed by atoms with van der Waals surface area (Å²) < 4.78 is 6.24. The molecule has 0 aliphatic rings. The lowest BCUT2D eigenvalue weighted by Crippen LogP contribution is -1.97. The van der Waals surface area contributed by atoms with Gasteiger partial charge in [0.05, 0.1) is 12.7 Å². The Balaban J connectivity index is 2.89. The summed E-state index contributed by atoms with van der Waals surface area (Å²) in [6.07, 6.45) is 0.312. The summed E-state index contributed by atoms with van der Waals surface area (Å²) in [5.41, 5.74) is 0.913. The Morgan fingerprint density at radius 3 is 2.64 bits per heavy atom. The first kappa shape index (κ1) is 11.5. The smallest absolute Gasteiger partial charge is 0.120 e. The van der Waals surface area contributed by atoms with Gasteiger partial charge >= 0.3 is 0 Å². The van der Waals surface area contributed by atoms with Crippen molar-refractivity contribution in [3.05, 3.63) is 28.2 Å². The van der Waals surface area contributed by atoms with Crippen LogP contribution in [0, 0.1) is 0 Å². The molecule has 0 aliphatic carbocycles. The van der Waals surface area contributed by atoms with E-state index in [1.54, 1.807) is 0 Å². The van der Waals surface area contributed by atoms with Gasteiger partial charge in [-0.2, -0.15) is 0 Å². The molecule has 0 saturated carbocycles. The van der Waals surface area contributed by atoms with Crippen LogP contribution >= 0.6 is 15.9 Å². The summed E-state index contributed by atoms with van der Waals surface area (Å²) in [5, 5.41) is 9.66. The molecule has 0 saturated heterocycles. The largest absolute Gasteiger partial charge is 0.494 e. The topological polar surface area (TPSA) is 29.5 Å². The molecule has 0 aliphatic heterocycles. The highest BCUT2D eigenvalue weighted by molar-refractivity contribution is 9.10. The summed E-state index contributed by atoms with van der Waals surface area (Å²) in [7, 11) is 0. The Kier molecular flexibility index (Phi) is 4.42. The summed E-state index contributed by atoms with van der Waals surface area (Å²) in [5.74, 6) is 0.825. The van der Waals surface area contributed by atoms with Gasteiger partial charge in [-0.1, -0.05) is 28.9 Å². The van der Waals surface area contributed by atoms with Crippen molar-refractivity contribution in [3.63, 3.8) is 0 Å². The van der Waals surface area contributed by atoms with E-state index in [0.29, 0.717) is 13.0 Å². The number of ether oxygens (including phenoxy) is 1. The lowest BCUT2D eigenvalue weighted by Gasteiger charge is -2.11. The lowest BCUT2D eigenvalue weighted by molar-refractivity contribution is 0.173. The molecular formula is C11H15BrO2.